The molecule has 0 aliphatic carbocycles. The van der Waals surface area contributed by atoms with Gasteiger partial charge in [-0.3, -0.25) is 4.79 Å². The number of carbonyl (C=O) groups excluding carboxylic acids is 1. The second-order valence-electron chi connectivity index (χ2n) is 7.96. The fourth-order valence-electron chi connectivity index (χ4n) is 3.63. The third-order valence-corrected chi connectivity index (χ3v) is 5.91. The van der Waals surface area contributed by atoms with Gasteiger partial charge in [0.2, 0.25) is 0 Å². The Bertz CT molecular complexity index is 784. The van der Waals surface area contributed by atoms with Crippen molar-refractivity contribution in [3.8, 4) is 5.75 Å². The number of benzene rings is 2. The lowest BCUT2D eigenvalue weighted by molar-refractivity contribution is -0.128. The Morgan fingerprint density at radius 2 is 1.76 bits per heavy atom. The molecular weight excluding hydrogens is 384 g/mol. The second-order valence-corrected chi connectivity index (χ2v) is 8.40. The predicted octanol–water partition coefficient (Wildman–Crippen LogP) is 5.61. The van der Waals surface area contributed by atoms with E-state index in [0.29, 0.717) is 17.2 Å². The number of hydrogen-bond acceptors (Lipinski definition) is 3. The third kappa shape index (κ3) is 5.89. The summed E-state index contributed by atoms with van der Waals surface area (Å²) in [7, 11) is 0. The van der Waals surface area contributed by atoms with E-state index in [0.717, 1.165) is 24.6 Å². The van der Waals surface area contributed by atoms with Gasteiger partial charge >= 0.3 is 0 Å². The number of amides is 1. The van der Waals surface area contributed by atoms with E-state index in [-0.39, 0.29) is 11.9 Å². The molecular formula is C24H31ClN2O2. The Morgan fingerprint density at radius 1 is 1.14 bits per heavy atom. The van der Waals surface area contributed by atoms with Crippen molar-refractivity contribution < 1.29 is 9.53 Å². The van der Waals surface area contributed by atoms with E-state index in [2.05, 4.69) is 41.4 Å². The molecule has 4 nitrogen and oxygen atoms in total. The summed E-state index contributed by atoms with van der Waals surface area (Å²) in [4.78, 5) is 15.1. The number of carbonyl (C=O) groups is 1. The molecule has 29 heavy (non-hydrogen) atoms. The van der Waals surface area contributed by atoms with Gasteiger partial charge in [0.1, 0.15) is 5.75 Å². The molecule has 1 aliphatic heterocycles. The van der Waals surface area contributed by atoms with Crippen LogP contribution in [0, 0.1) is 5.92 Å². The molecule has 0 aromatic heterocycles. The number of rotatable bonds is 7. The van der Waals surface area contributed by atoms with Crippen molar-refractivity contribution in [1.82, 2.24) is 5.32 Å². The predicted molar refractivity (Wildman–Crippen MR) is 120 cm³/mol. The monoisotopic (exact) mass is 414 g/mol. The highest BCUT2D eigenvalue weighted by molar-refractivity contribution is 6.30. The van der Waals surface area contributed by atoms with Crippen LogP contribution in [0.15, 0.2) is 48.5 Å². The van der Waals surface area contributed by atoms with Crippen molar-refractivity contribution in [1.29, 1.82) is 0 Å². The van der Waals surface area contributed by atoms with Crippen LogP contribution in [0.2, 0.25) is 5.02 Å². The van der Waals surface area contributed by atoms with Gasteiger partial charge in [-0.05, 0) is 74.1 Å². The van der Waals surface area contributed by atoms with Crippen LogP contribution in [-0.2, 0) is 4.79 Å². The molecule has 2 atom stereocenters. The van der Waals surface area contributed by atoms with Crippen LogP contribution in [0.5, 0.6) is 5.75 Å². The van der Waals surface area contributed by atoms with Gasteiger partial charge in [-0.2, -0.15) is 0 Å². The van der Waals surface area contributed by atoms with Crippen molar-refractivity contribution in [2.45, 2.75) is 52.2 Å². The molecule has 0 spiro atoms. The minimum atomic E-state index is -0.534. The van der Waals surface area contributed by atoms with E-state index in [4.69, 9.17) is 16.3 Å². The molecule has 0 unspecified atom stereocenters. The SMILES string of the molecule is CC[C@@H](Oc1ccc(Cl)cc1)C(=O)N[C@@H](C)c1ccc(N2CCC(C)CC2)cc1. The zero-order valence-corrected chi connectivity index (χ0v) is 18.3. The molecule has 3 rings (SSSR count). The maximum atomic E-state index is 12.7. The highest BCUT2D eigenvalue weighted by Gasteiger charge is 2.21. The van der Waals surface area contributed by atoms with E-state index in [1.165, 1.54) is 18.5 Å². The largest absolute Gasteiger partial charge is 0.481 e. The molecule has 156 valence electrons. The first-order valence-corrected chi connectivity index (χ1v) is 10.9. The number of nitrogens with zero attached hydrogens (tertiary/aromatic N) is 1. The van der Waals surface area contributed by atoms with Gasteiger partial charge in [-0.1, -0.05) is 37.6 Å². The Hall–Kier alpha value is -2.20. The summed E-state index contributed by atoms with van der Waals surface area (Å²) in [6.07, 6.45) is 2.56. The lowest BCUT2D eigenvalue weighted by Gasteiger charge is -2.32. The highest BCUT2D eigenvalue weighted by Crippen LogP contribution is 2.25. The van der Waals surface area contributed by atoms with Gasteiger partial charge < -0.3 is 15.0 Å². The van der Waals surface area contributed by atoms with Crippen LogP contribution >= 0.6 is 11.6 Å². The van der Waals surface area contributed by atoms with Crippen LogP contribution in [0.25, 0.3) is 0 Å². The molecule has 0 bridgehead atoms. The summed E-state index contributed by atoms with van der Waals surface area (Å²) in [5.74, 6) is 1.36. The van der Waals surface area contributed by atoms with Crippen molar-refractivity contribution in [3.63, 3.8) is 0 Å². The lowest BCUT2D eigenvalue weighted by atomic mass is 9.98. The molecule has 0 saturated carbocycles. The molecule has 0 radical (unpaired) electrons. The maximum absolute atomic E-state index is 12.7. The van der Waals surface area contributed by atoms with Crippen molar-refractivity contribution in [2.24, 2.45) is 5.92 Å². The first-order chi connectivity index (χ1) is 14.0. The van der Waals surface area contributed by atoms with Gasteiger partial charge in [0.25, 0.3) is 5.91 Å². The maximum Gasteiger partial charge on any atom is 0.261 e. The number of nitrogens with one attached hydrogen (secondary N) is 1. The molecule has 2 aromatic rings. The molecule has 1 amide bonds. The Morgan fingerprint density at radius 3 is 2.34 bits per heavy atom. The van der Waals surface area contributed by atoms with Crippen LogP contribution in [0.3, 0.4) is 0 Å². The molecule has 1 N–H and O–H groups in total. The highest BCUT2D eigenvalue weighted by atomic mass is 35.5. The Labute approximate surface area is 179 Å². The Kier molecular flexibility index (Phi) is 7.43. The average Bonchev–Trinajstić information content (AvgIpc) is 2.74. The first kappa shape index (κ1) is 21.5. The summed E-state index contributed by atoms with van der Waals surface area (Å²) >= 11 is 5.91. The van der Waals surface area contributed by atoms with Crippen molar-refractivity contribution in [3.05, 3.63) is 59.1 Å². The van der Waals surface area contributed by atoms with Gasteiger partial charge in [0.15, 0.2) is 6.10 Å². The summed E-state index contributed by atoms with van der Waals surface area (Å²) < 4.78 is 5.85. The summed E-state index contributed by atoms with van der Waals surface area (Å²) in [6.45, 7) is 8.51. The molecule has 1 aliphatic rings. The fourth-order valence-corrected chi connectivity index (χ4v) is 3.76. The van der Waals surface area contributed by atoms with Gasteiger partial charge in [-0.15, -0.1) is 0 Å². The van der Waals surface area contributed by atoms with Crippen LogP contribution in [-0.4, -0.2) is 25.1 Å². The first-order valence-electron chi connectivity index (χ1n) is 10.5. The standard InChI is InChI=1S/C24H31ClN2O2/c1-4-23(29-22-11-7-20(25)8-12-22)24(28)26-18(3)19-5-9-21(10-6-19)27-15-13-17(2)14-16-27/h5-12,17-18,23H,4,13-16H2,1-3H3,(H,26,28)/t18-,23+/m0/s1. The smallest absolute Gasteiger partial charge is 0.261 e. The molecule has 1 saturated heterocycles. The minimum Gasteiger partial charge on any atom is -0.481 e. The fraction of sp³-hybridized carbons (Fsp3) is 0.458. The van der Waals surface area contributed by atoms with Crippen molar-refractivity contribution in [2.75, 3.05) is 18.0 Å². The zero-order valence-electron chi connectivity index (χ0n) is 17.5. The number of hydrogen-bond donors (Lipinski definition) is 1. The lowest BCUT2D eigenvalue weighted by Crippen LogP contribution is -2.39. The molecule has 1 fully saturated rings. The number of piperidine rings is 1. The minimum absolute atomic E-state index is 0.0826. The van der Waals surface area contributed by atoms with E-state index in [9.17, 15) is 4.79 Å². The van der Waals surface area contributed by atoms with Gasteiger partial charge in [-0.25, -0.2) is 0 Å². The molecule has 2 aromatic carbocycles. The zero-order chi connectivity index (χ0) is 20.8. The van der Waals surface area contributed by atoms with Gasteiger partial charge in [0.05, 0.1) is 6.04 Å². The van der Waals surface area contributed by atoms with E-state index >= 15 is 0 Å². The molecule has 5 heteroatoms. The summed E-state index contributed by atoms with van der Waals surface area (Å²) in [5, 5.41) is 3.72. The van der Waals surface area contributed by atoms with Crippen LogP contribution in [0.1, 0.15) is 51.6 Å². The molecule has 1 heterocycles. The number of ether oxygens (including phenoxy) is 1. The van der Waals surface area contributed by atoms with E-state index in [1.54, 1.807) is 24.3 Å². The van der Waals surface area contributed by atoms with E-state index in [1.807, 2.05) is 13.8 Å². The quantitative estimate of drug-likeness (QED) is 0.640. The third-order valence-electron chi connectivity index (χ3n) is 5.66. The van der Waals surface area contributed by atoms with Crippen LogP contribution in [0.4, 0.5) is 5.69 Å². The van der Waals surface area contributed by atoms with Crippen LogP contribution < -0.4 is 15.0 Å². The average molecular weight is 415 g/mol. The normalized spacial score (nSPS) is 16.9. The van der Waals surface area contributed by atoms with Gasteiger partial charge in [0, 0.05) is 23.8 Å². The number of anilines is 1. The van der Waals surface area contributed by atoms with Crippen molar-refractivity contribution >= 4 is 23.2 Å². The second kappa shape index (κ2) is 10.0. The topological polar surface area (TPSA) is 41.6 Å². The summed E-state index contributed by atoms with van der Waals surface area (Å²) in [6, 6.07) is 15.5. The Balaban J connectivity index is 1.57. The summed E-state index contributed by atoms with van der Waals surface area (Å²) in [5.41, 5.74) is 2.35. The number of halogens is 1. The van der Waals surface area contributed by atoms with E-state index < -0.39 is 6.10 Å².